The molecule has 32 heavy (non-hydrogen) atoms. The van der Waals surface area contributed by atoms with Crippen molar-refractivity contribution in [3.05, 3.63) is 29.4 Å². The molecule has 1 fully saturated rings. The predicted octanol–water partition coefficient (Wildman–Crippen LogP) is 4.13. The number of rotatable bonds is 7. The number of hydrogen-bond acceptors (Lipinski definition) is 8. The van der Waals surface area contributed by atoms with E-state index in [0.29, 0.717) is 29.5 Å². The molecule has 0 bridgehead atoms. The molecule has 1 saturated heterocycles. The van der Waals surface area contributed by atoms with E-state index in [1.54, 1.807) is 51.1 Å². The Morgan fingerprint density at radius 2 is 1.91 bits per heavy atom. The Morgan fingerprint density at radius 1 is 1.16 bits per heavy atom. The van der Waals surface area contributed by atoms with Gasteiger partial charge in [0.05, 0.1) is 32.6 Å². The molecule has 0 saturated carbocycles. The van der Waals surface area contributed by atoms with E-state index in [0.717, 1.165) is 41.8 Å². The topological polar surface area (TPSA) is 85.8 Å². The second-order valence-corrected chi connectivity index (χ2v) is 8.79. The summed E-state index contributed by atoms with van der Waals surface area (Å²) in [4.78, 5) is 26.6. The third-order valence-corrected chi connectivity index (χ3v) is 6.92. The summed E-state index contributed by atoms with van der Waals surface area (Å²) >= 11 is 1.70. The highest BCUT2D eigenvalue weighted by Crippen LogP contribution is 2.40. The van der Waals surface area contributed by atoms with Crippen molar-refractivity contribution >= 4 is 39.0 Å². The van der Waals surface area contributed by atoms with E-state index in [4.69, 9.17) is 14.2 Å². The van der Waals surface area contributed by atoms with Gasteiger partial charge in [-0.2, -0.15) is 0 Å². The van der Waals surface area contributed by atoms with Crippen LogP contribution < -0.4 is 24.4 Å². The Kier molecular flexibility index (Phi) is 6.64. The third kappa shape index (κ3) is 4.29. The van der Waals surface area contributed by atoms with Crippen LogP contribution in [0.25, 0.3) is 10.2 Å². The Balaban J connectivity index is 1.53. The van der Waals surface area contributed by atoms with E-state index >= 15 is 0 Å². The molecule has 1 aromatic carbocycles. The maximum absolute atomic E-state index is 13.1. The van der Waals surface area contributed by atoms with Crippen LogP contribution >= 0.6 is 11.3 Å². The Hall–Kier alpha value is -3.07. The number of nitrogens with one attached hydrogen (secondary N) is 1. The number of amides is 1. The number of hydrogen-bond donors (Lipinski definition) is 1. The molecule has 3 heterocycles. The molecule has 0 spiro atoms. The van der Waals surface area contributed by atoms with E-state index in [2.05, 4.69) is 33.2 Å². The summed E-state index contributed by atoms with van der Waals surface area (Å²) in [6.45, 7) is 3.62. The molecule has 2 aromatic heterocycles. The monoisotopic (exact) mass is 456 g/mol. The Morgan fingerprint density at radius 3 is 2.56 bits per heavy atom. The largest absolute Gasteiger partial charge is 0.493 e. The average Bonchev–Trinajstić information content (AvgIpc) is 3.27. The van der Waals surface area contributed by atoms with Crippen LogP contribution in [0.15, 0.2) is 24.5 Å². The van der Waals surface area contributed by atoms with Crippen LogP contribution in [0.1, 0.15) is 24.6 Å². The molecule has 170 valence electrons. The van der Waals surface area contributed by atoms with Crippen LogP contribution in [-0.4, -0.2) is 50.3 Å². The zero-order chi connectivity index (χ0) is 22.7. The zero-order valence-corrected chi connectivity index (χ0v) is 19.6. The summed E-state index contributed by atoms with van der Waals surface area (Å²) in [7, 11) is 4.66. The van der Waals surface area contributed by atoms with Crippen molar-refractivity contribution in [2.45, 2.75) is 26.2 Å². The van der Waals surface area contributed by atoms with Crippen molar-refractivity contribution in [2.75, 3.05) is 44.6 Å². The van der Waals surface area contributed by atoms with Crippen molar-refractivity contribution in [1.82, 2.24) is 9.97 Å². The highest BCUT2D eigenvalue weighted by molar-refractivity contribution is 7.18. The first kappa shape index (κ1) is 22.1. The molecule has 9 heteroatoms. The second-order valence-electron chi connectivity index (χ2n) is 7.67. The first-order chi connectivity index (χ1) is 15.6. The van der Waals surface area contributed by atoms with Crippen molar-refractivity contribution in [3.63, 3.8) is 0 Å². The lowest BCUT2D eigenvalue weighted by atomic mass is 9.96. The molecular weight excluding hydrogens is 428 g/mol. The first-order valence-corrected chi connectivity index (χ1v) is 11.5. The van der Waals surface area contributed by atoms with Crippen LogP contribution in [0.2, 0.25) is 0 Å². The lowest BCUT2D eigenvalue weighted by Gasteiger charge is -2.33. The van der Waals surface area contributed by atoms with Gasteiger partial charge < -0.3 is 24.4 Å². The Labute approximate surface area is 191 Å². The van der Waals surface area contributed by atoms with Gasteiger partial charge in [0, 0.05) is 35.8 Å². The van der Waals surface area contributed by atoms with Crippen molar-refractivity contribution in [3.8, 4) is 17.2 Å². The molecular formula is C23H28N4O4S. The van der Waals surface area contributed by atoms with Gasteiger partial charge in [-0.1, -0.05) is 6.92 Å². The number of benzene rings is 1. The summed E-state index contributed by atoms with van der Waals surface area (Å²) in [5, 5.41) is 4.09. The van der Waals surface area contributed by atoms with Crippen LogP contribution in [0.3, 0.4) is 0 Å². The lowest BCUT2D eigenvalue weighted by Crippen LogP contribution is -2.41. The maximum Gasteiger partial charge on any atom is 0.229 e. The zero-order valence-electron chi connectivity index (χ0n) is 18.8. The molecule has 0 aliphatic carbocycles. The van der Waals surface area contributed by atoms with E-state index < -0.39 is 0 Å². The highest BCUT2D eigenvalue weighted by atomic mass is 32.1. The number of ether oxygens (including phenoxy) is 3. The number of anilines is 2. The minimum absolute atomic E-state index is 0.0335. The molecule has 8 nitrogen and oxygen atoms in total. The molecule has 1 N–H and O–H groups in total. The molecule has 0 radical (unpaired) electrons. The van der Waals surface area contributed by atoms with Crippen molar-refractivity contribution in [2.24, 2.45) is 5.92 Å². The van der Waals surface area contributed by atoms with Crippen molar-refractivity contribution in [1.29, 1.82) is 0 Å². The van der Waals surface area contributed by atoms with Gasteiger partial charge in [0.2, 0.25) is 11.7 Å². The molecule has 1 unspecified atom stereocenters. The number of aryl methyl sites for hydroxylation is 1. The number of carbonyl (C=O) groups excluding carboxylic acids is 1. The number of piperidine rings is 1. The summed E-state index contributed by atoms with van der Waals surface area (Å²) < 4.78 is 16.2. The third-order valence-electron chi connectivity index (χ3n) is 5.73. The van der Waals surface area contributed by atoms with Crippen molar-refractivity contribution < 1.29 is 19.0 Å². The fourth-order valence-corrected chi connectivity index (χ4v) is 5.03. The van der Waals surface area contributed by atoms with E-state index in [1.807, 2.05) is 0 Å². The lowest BCUT2D eigenvalue weighted by molar-refractivity contribution is -0.120. The average molecular weight is 457 g/mol. The molecule has 1 aliphatic rings. The number of carbonyl (C=O) groups is 1. The number of fused-ring (bicyclic) bond motifs is 1. The van der Waals surface area contributed by atoms with Crippen LogP contribution in [0, 0.1) is 5.92 Å². The molecule has 1 aliphatic heterocycles. The highest BCUT2D eigenvalue weighted by Gasteiger charge is 2.28. The number of aromatic nitrogens is 2. The first-order valence-electron chi connectivity index (χ1n) is 10.7. The fourth-order valence-electron chi connectivity index (χ4n) is 4.10. The SMILES string of the molecule is CCc1cc2c(N3CCCC(C(=O)Nc4cc(OC)c(OC)c(OC)c4)C3)ncnc2s1. The van der Waals surface area contributed by atoms with Crippen LogP contribution in [-0.2, 0) is 11.2 Å². The van der Waals surface area contributed by atoms with E-state index in [1.165, 1.54) is 4.88 Å². The molecule has 3 aromatic rings. The number of thiophene rings is 1. The fraction of sp³-hybridized carbons (Fsp3) is 0.435. The van der Waals surface area contributed by atoms with Crippen LogP contribution in [0.4, 0.5) is 11.5 Å². The van der Waals surface area contributed by atoms with E-state index in [-0.39, 0.29) is 11.8 Å². The van der Waals surface area contributed by atoms with Gasteiger partial charge in [-0.15, -0.1) is 11.3 Å². The number of nitrogens with zero attached hydrogens (tertiary/aromatic N) is 3. The van der Waals surface area contributed by atoms with Gasteiger partial charge in [-0.05, 0) is 25.3 Å². The van der Waals surface area contributed by atoms with Gasteiger partial charge >= 0.3 is 0 Å². The van der Waals surface area contributed by atoms with Gasteiger partial charge in [-0.3, -0.25) is 4.79 Å². The second kappa shape index (κ2) is 9.60. The summed E-state index contributed by atoms with van der Waals surface area (Å²) in [6, 6.07) is 5.66. The van der Waals surface area contributed by atoms with Gasteiger partial charge in [0.1, 0.15) is 17.0 Å². The van der Waals surface area contributed by atoms with E-state index in [9.17, 15) is 4.79 Å². The smallest absolute Gasteiger partial charge is 0.229 e. The van der Waals surface area contributed by atoms with Gasteiger partial charge in [0.15, 0.2) is 11.5 Å². The summed E-state index contributed by atoms with van der Waals surface area (Å²) in [6.07, 6.45) is 4.34. The summed E-state index contributed by atoms with van der Waals surface area (Å²) in [5.74, 6) is 2.22. The minimum Gasteiger partial charge on any atom is -0.493 e. The quantitative estimate of drug-likeness (QED) is 0.572. The summed E-state index contributed by atoms with van der Waals surface area (Å²) in [5.41, 5.74) is 0.608. The maximum atomic E-state index is 13.1. The van der Waals surface area contributed by atoms with Gasteiger partial charge in [0.25, 0.3) is 0 Å². The molecule has 1 atom stereocenters. The molecule has 1 amide bonds. The number of methoxy groups -OCH3 is 3. The van der Waals surface area contributed by atoms with Crippen LogP contribution in [0.5, 0.6) is 17.2 Å². The van der Waals surface area contributed by atoms with Gasteiger partial charge in [-0.25, -0.2) is 9.97 Å². The molecule has 4 rings (SSSR count). The predicted molar refractivity (Wildman–Crippen MR) is 126 cm³/mol. The standard InChI is InChI=1S/C23H28N4O4S/c1-5-16-11-17-21(24-13-25-23(17)32-16)27-8-6-7-14(12-27)22(28)26-15-9-18(29-2)20(31-4)19(10-15)30-3/h9-11,13-14H,5-8,12H2,1-4H3,(H,26,28). The normalized spacial score (nSPS) is 16.1. The minimum atomic E-state index is -0.155. The Bertz CT molecular complexity index is 1090.